The van der Waals surface area contributed by atoms with Crippen LogP contribution in [0.3, 0.4) is 0 Å². The Balaban J connectivity index is 1.38. The van der Waals surface area contributed by atoms with E-state index < -0.39 is 0 Å². The molecule has 2 aliphatic rings. The number of alkyl halides is 1. The minimum Gasteiger partial charge on any atom is -0.497 e. The fraction of sp³-hybridized carbons (Fsp3) is 0.680. The first-order chi connectivity index (χ1) is 19.5. The van der Waals surface area contributed by atoms with Crippen molar-refractivity contribution in [3.63, 3.8) is 0 Å². The van der Waals surface area contributed by atoms with Gasteiger partial charge in [0, 0.05) is 37.0 Å². The van der Waals surface area contributed by atoms with E-state index in [2.05, 4.69) is 20.7 Å². The Kier molecular flexibility index (Phi) is 14.5. The SMILES string of the molecule is COc1ccc2c(c1)[C@H](COCCOCCOCCOCCN=[N+]=[N-])CN(C(=O)CSC1NC(=O)NCC1Cl)C2. The summed E-state index contributed by atoms with van der Waals surface area (Å²) in [6, 6.07) is 5.62. The molecule has 0 radical (unpaired) electrons. The zero-order valence-corrected chi connectivity index (χ0v) is 24.2. The van der Waals surface area contributed by atoms with E-state index in [1.54, 1.807) is 7.11 Å². The quantitative estimate of drug-likeness (QED) is 0.0855. The van der Waals surface area contributed by atoms with Gasteiger partial charge in [-0.15, -0.1) is 23.4 Å². The number of amides is 3. The summed E-state index contributed by atoms with van der Waals surface area (Å²) >= 11 is 7.64. The second-order valence-electron chi connectivity index (χ2n) is 9.00. The highest BCUT2D eigenvalue weighted by Crippen LogP contribution is 2.32. The maximum Gasteiger partial charge on any atom is 0.315 e. The maximum absolute atomic E-state index is 13.1. The summed E-state index contributed by atoms with van der Waals surface area (Å²) in [6.45, 7) is 5.07. The molecular formula is C25H37ClN6O7S. The fourth-order valence-electron chi connectivity index (χ4n) is 4.19. The van der Waals surface area contributed by atoms with Crippen LogP contribution < -0.4 is 15.4 Å². The molecule has 0 spiro atoms. The standard InChI is InChI=1S/C25H37ClN6O7S/c1-35-20-3-2-18-14-32(23(33)17-40-24-22(26)13-28-25(34)30-24)15-19(21(18)12-20)16-39-11-10-38-9-8-37-7-6-36-5-4-29-31-27/h2-3,12,19,22,24H,4-11,13-17H2,1H3,(H2,28,30,34)/t19-,22?,24?/m0/s1. The Labute approximate surface area is 243 Å². The zero-order valence-electron chi connectivity index (χ0n) is 22.6. The van der Waals surface area contributed by atoms with E-state index in [0.717, 1.165) is 16.9 Å². The highest BCUT2D eigenvalue weighted by molar-refractivity contribution is 8.00. The molecule has 1 saturated heterocycles. The first-order valence-electron chi connectivity index (χ1n) is 13.1. The van der Waals surface area contributed by atoms with Gasteiger partial charge in [0.15, 0.2) is 0 Å². The van der Waals surface area contributed by atoms with Gasteiger partial charge in [0.05, 0.1) is 76.5 Å². The van der Waals surface area contributed by atoms with Crippen LogP contribution in [0.1, 0.15) is 17.0 Å². The van der Waals surface area contributed by atoms with Gasteiger partial charge in [-0.2, -0.15) is 0 Å². The highest BCUT2D eigenvalue weighted by atomic mass is 35.5. The van der Waals surface area contributed by atoms with E-state index >= 15 is 0 Å². The van der Waals surface area contributed by atoms with Crippen molar-refractivity contribution in [1.82, 2.24) is 15.5 Å². The van der Waals surface area contributed by atoms with Crippen molar-refractivity contribution in [1.29, 1.82) is 0 Å². The summed E-state index contributed by atoms with van der Waals surface area (Å²) < 4.78 is 27.6. The number of azide groups is 1. The number of methoxy groups -OCH3 is 1. The molecule has 15 heteroatoms. The molecule has 222 valence electrons. The zero-order chi connectivity index (χ0) is 28.6. The van der Waals surface area contributed by atoms with Gasteiger partial charge < -0.3 is 39.2 Å². The number of carbonyl (C=O) groups excluding carboxylic acids is 2. The molecule has 1 aromatic rings. The topological polar surface area (TPSA) is 156 Å². The predicted molar refractivity (Wildman–Crippen MR) is 151 cm³/mol. The van der Waals surface area contributed by atoms with Gasteiger partial charge in [-0.25, -0.2) is 4.79 Å². The van der Waals surface area contributed by atoms with Gasteiger partial charge in [0.2, 0.25) is 5.91 Å². The molecule has 2 aliphatic heterocycles. The minimum absolute atomic E-state index is 0.0162. The van der Waals surface area contributed by atoms with Crippen molar-refractivity contribution in [2.24, 2.45) is 5.11 Å². The van der Waals surface area contributed by atoms with Crippen LogP contribution in [0.5, 0.6) is 5.75 Å². The average Bonchev–Trinajstić information content (AvgIpc) is 2.97. The number of nitrogens with one attached hydrogen (secondary N) is 2. The van der Waals surface area contributed by atoms with Crippen molar-refractivity contribution >= 4 is 35.3 Å². The van der Waals surface area contributed by atoms with Crippen molar-refractivity contribution in [2.75, 3.05) is 85.4 Å². The van der Waals surface area contributed by atoms with Crippen LogP contribution in [0.2, 0.25) is 0 Å². The molecule has 1 fully saturated rings. The van der Waals surface area contributed by atoms with E-state index in [4.69, 9.17) is 40.8 Å². The Morgan fingerprint density at radius 1 is 1.15 bits per heavy atom. The van der Waals surface area contributed by atoms with Crippen LogP contribution >= 0.6 is 23.4 Å². The van der Waals surface area contributed by atoms with Gasteiger partial charge in [-0.3, -0.25) is 4.79 Å². The summed E-state index contributed by atoms with van der Waals surface area (Å²) in [5.41, 5.74) is 10.4. The summed E-state index contributed by atoms with van der Waals surface area (Å²) in [4.78, 5) is 29.2. The van der Waals surface area contributed by atoms with Gasteiger partial charge in [0.25, 0.3) is 0 Å². The number of thioether (sulfide) groups is 1. The lowest BCUT2D eigenvalue weighted by Gasteiger charge is -2.35. The molecule has 3 rings (SSSR count). The Hall–Kier alpha value is -2.45. The molecule has 40 heavy (non-hydrogen) atoms. The van der Waals surface area contributed by atoms with E-state index in [1.165, 1.54) is 11.8 Å². The first kappa shape index (κ1) is 32.1. The van der Waals surface area contributed by atoms with Gasteiger partial charge in [-0.05, 0) is 28.8 Å². The Morgan fingerprint density at radius 2 is 1.85 bits per heavy atom. The molecule has 0 bridgehead atoms. The third-order valence-corrected chi connectivity index (χ3v) is 8.00. The molecule has 2 N–H and O–H groups in total. The number of benzene rings is 1. The Bertz CT molecular complexity index is 1000. The lowest BCUT2D eigenvalue weighted by molar-refractivity contribution is -0.129. The molecular weight excluding hydrogens is 564 g/mol. The van der Waals surface area contributed by atoms with Crippen LogP contribution in [-0.2, 0) is 30.3 Å². The number of nitrogens with zero attached hydrogens (tertiary/aromatic N) is 4. The second-order valence-corrected chi connectivity index (χ2v) is 10.7. The highest BCUT2D eigenvalue weighted by Gasteiger charge is 2.31. The first-order valence-corrected chi connectivity index (χ1v) is 14.6. The van der Waals surface area contributed by atoms with Crippen LogP contribution in [-0.4, -0.2) is 113 Å². The number of hydrogen-bond acceptors (Lipinski definition) is 9. The lowest BCUT2D eigenvalue weighted by Crippen LogP contribution is -2.54. The number of halogens is 1. The average molecular weight is 601 g/mol. The smallest absolute Gasteiger partial charge is 0.315 e. The Morgan fingerprint density at radius 3 is 2.55 bits per heavy atom. The van der Waals surface area contributed by atoms with Crippen molar-refractivity contribution in [3.8, 4) is 5.75 Å². The van der Waals surface area contributed by atoms with E-state index in [0.29, 0.717) is 79.0 Å². The summed E-state index contributed by atoms with van der Waals surface area (Å²) in [7, 11) is 1.63. The second kappa shape index (κ2) is 18.1. The number of hydrogen-bond donors (Lipinski definition) is 2. The van der Waals surface area contributed by atoms with Gasteiger partial charge in [0.1, 0.15) is 5.75 Å². The predicted octanol–water partition coefficient (Wildman–Crippen LogP) is 2.48. The number of ether oxygens (including phenoxy) is 5. The van der Waals surface area contributed by atoms with Crippen molar-refractivity contribution < 1.29 is 33.3 Å². The molecule has 0 aromatic heterocycles. The maximum atomic E-state index is 13.1. The minimum atomic E-state index is -0.325. The van der Waals surface area contributed by atoms with Crippen molar-refractivity contribution in [2.45, 2.75) is 23.2 Å². The normalized spacial score (nSPS) is 20.2. The summed E-state index contributed by atoms with van der Waals surface area (Å²) in [5.74, 6) is 0.940. The molecule has 0 aliphatic carbocycles. The summed E-state index contributed by atoms with van der Waals surface area (Å²) in [5, 5.41) is 8.18. The molecule has 13 nitrogen and oxygen atoms in total. The third kappa shape index (κ3) is 10.8. The summed E-state index contributed by atoms with van der Waals surface area (Å²) in [6.07, 6.45) is 0. The monoisotopic (exact) mass is 600 g/mol. The molecule has 2 unspecified atom stereocenters. The molecule has 3 amide bonds. The van der Waals surface area contributed by atoms with Crippen molar-refractivity contribution in [3.05, 3.63) is 39.8 Å². The van der Waals surface area contributed by atoms with Gasteiger partial charge in [-0.1, -0.05) is 11.2 Å². The van der Waals surface area contributed by atoms with E-state index in [1.807, 2.05) is 23.1 Å². The fourth-order valence-corrected chi connectivity index (χ4v) is 5.55. The molecule has 0 saturated carbocycles. The van der Waals surface area contributed by atoms with Crippen LogP contribution in [0, 0.1) is 0 Å². The number of carbonyl (C=O) groups is 2. The number of rotatable bonds is 18. The third-order valence-electron chi connectivity index (χ3n) is 6.23. The molecule has 2 heterocycles. The van der Waals surface area contributed by atoms with Crippen LogP contribution in [0.25, 0.3) is 10.4 Å². The molecule has 3 atom stereocenters. The lowest BCUT2D eigenvalue weighted by atomic mass is 9.90. The number of fused-ring (bicyclic) bond motifs is 1. The van der Waals surface area contributed by atoms with Crippen LogP contribution in [0.15, 0.2) is 23.3 Å². The van der Waals surface area contributed by atoms with Gasteiger partial charge >= 0.3 is 6.03 Å². The van der Waals surface area contributed by atoms with E-state index in [-0.39, 0.29) is 34.4 Å². The largest absolute Gasteiger partial charge is 0.497 e. The molecule has 1 aromatic carbocycles. The van der Waals surface area contributed by atoms with E-state index in [9.17, 15) is 9.59 Å². The number of urea groups is 1. The van der Waals surface area contributed by atoms with Crippen LogP contribution in [0.4, 0.5) is 4.79 Å².